The second kappa shape index (κ2) is 7.68. The summed E-state index contributed by atoms with van der Waals surface area (Å²) in [5.74, 6) is 4.25. The lowest BCUT2D eigenvalue weighted by Crippen LogP contribution is -2.48. The van der Waals surface area contributed by atoms with Crippen LogP contribution in [0.25, 0.3) is 0 Å². The maximum atomic E-state index is 12.5. The molecule has 182 valence electrons. The van der Waals surface area contributed by atoms with Crippen molar-refractivity contribution in [1.82, 2.24) is 10.2 Å². The number of hydrogen-bond acceptors (Lipinski definition) is 3. The van der Waals surface area contributed by atoms with Gasteiger partial charge in [0.05, 0.1) is 11.7 Å². The van der Waals surface area contributed by atoms with Crippen molar-refractivity contribution in [2.75, 3.05) is 20.1 Å². The average molecular weight is 453 g/mol. The Kier molecular flexibility index (Phi) is 5.20. The molecule has 3 aliphatic carbocycles. The molecule has 0 unspecified atom stereocenters. The minimum atomic E-state index is 0.0295. The molecule has 3 aliphatic heterocycles. The van der Waals surface area contributed by atoms with Crippen LogP contribution in [0, 0.1) is 40.9 Å². The van der Waals surface area contributed by atoms with Gasteiger partial charge in [0.1, 0.15) is 0 Å². The summed E-state index contributed by atoms with van der Waals surface area (Å²) < 4.78 is 7.02. The highest BCUT2D eigenvalue weighted by Gasteiger charge is 2.58. The van der Waals surface area contributed by atoms with Crippen molar-refractivity contribution in [2.45, 2.75) is 90.4 Å². The molecule has 33 heavy (non-hydrogen) atoms. The summed E-state index contributed by atoms with van der Waals surface area (Å²) in [6, 6.07) is 0.532. The Morgan fingerprint density at radius 1 is 1.21 bits per heavy atom. The third-order valence-electron chi connectivity index (χ3n) is 11.4. The third-order valence-corrected chi connectivity index (χ3v) is 11.4. The van der Waals surface area contributed by atoms with Crippen LogP contribution in [0.1, 0.15) is 72.6 Å². The van der Waals surface area contributed by atoms with E-state index in [0.29, 0.717) is 35.8 Å². The van der Waals surface area contributed by atoms with Gasteiger partial charge in [0.25, 0.3) is 0 Å². The Labute approximate surface area is 200 Å². The summed E-state index contributed by atoms with van der Waals surface area (Å²) in [6.45, 7) is 11.8. The number of nitrogens with one attached hydrogen (secondary N) is 1. The van der Waals surface area contributed by atoms with Gasteiger partial charge in [0, 0.05) is 25.6 Å². The van der Waals surface area contributed by atoms with Gasteiger partial charge in [-0.2, -0.15) is 0 Å². The lowest BCUT2D eigenvalue weighted by molar-refractivity contribution is -0.125. The summed E-state index contributed by atoms with van der Waals surface area (Å²) in [7, 11) is 1.98. The second-order valence-electron chi connectivity index (χ2n) is 13.1. The highest BCUT2D eigenvalue weighted by atomic mass is 16.5. The van der Waals surface area contributed by atoms with Crippen LogP contribution in [0.3, 0.4) is 0 Å². The van der Waals surface area contributed by atoms with Crippen LogP contribution < -0.4 is 5.32 Å². The van der Waals surface area contributed by atoms with Gasteiger partial charge in [-0.3, -0.25) is 4.79 Å². The highest BCUT2D eigenvalue weighted by molar-refractivity contribution is 5.87. The standard InChI is InChI=1S/C29H44N2O2/c1-17-12-25-27(30-15-17)19(3)29(33-25)11-8-21-22-7-6-20-16-31(5)26(32)9-10-28(20,4)24(22)13-23(21)18(2)14-29/h9-10,17,19-22,24-25,27,30H,6-8,11-16H2,1-5H3/t17-,19+,20+,21-,22-,24-,25+,27-,28-,29-/m0/s1. The molecule has 1 amide bonds. The van der Waals surface area contributed by atoms with Gasteiger partial charge in [-0.05, 0) is 99.5 Å². The SMILES string of the molecule is CC1=C2C[C@H]3[C@@H](CC[C@@H]4CN(C)C(=O)C=C[C@@]43C)[C@@H]2CC[C@@]2(C1)O[C@@H]1C[C@H](C)CN[C@H]1[C@H]2C. The molecule has 1 N–H and O–H groups in total. The second-order valence-corrected chi connectivity index (χ2v) is 13.1. The Morgan fingerprint density at radius 3 is 2.85 bits per heavy atom. The average Bonchev–Trinajstić information content (AvgIpc) is 3.19. The van der Waals surface area contributed by atoms with E-state index >= 15 is 0 Å². The molecule has 2 saturated heterocycles. The van der Waals surface area contributed by atoms with E-state index in [-0.39, 0.29) is 16.9 Å². The fraction of sp³-hybridized carbons (Fsp3) is 0.828. The van der Waals surface area contributed by atoms with E-state index in [1.54, 1.807) is 11.1 Å². The van der Waals surface area contributed by atoms with Crippen LogP contribution in [-0.4, -0.2) is 48.7 Å². The van der Waals surface area contributed by atoms with Crippen molar-refractivity contribution in [2.24, 2.45) is 40.9 Å². The lowest BCUT2D eigenvalue weighted by Gasteiger charge is -2.48. The molecule has 4 fully saturated rings. The number of piperidine rings is 1. The first-order valence-electron chi connectivity index (χ1n) is 13.8. The van der Waals surface area contributed by atoms with Crippen LogP contribution in [0.5, 0.6) is 0 Å². The molecular weight excluding hydrogens is 408 g/mol. The number of hydrogen-bond donors (Lipinski definition) is 1. The molecule has 2 saturated carbocycles. The predicted octanol–water partition coefficient (Wildman–Crippen LogP) is 4.96. The topological polar surface area (TPSA) is 41.6 Å². The van der Waals surface area contributed by atoms with Crippen molar-refractivity contribution in [3.05, 3.63) is 23.3 Å². The molecule has 4 heteroatoms. The van der Waals surface area contributed by atoms with Crippen molar-refractivity contribution >= 4 is 5.91 Å². The van der Waals surface area contributed by atoms with Gasteiger partial charge in [0.15, 0.2) is 0 Å². The zero-order chi connectivity index (χ0) is 23.1. The van der Waals surface area contributed by atoms with Gasteiger partial charge >= 0.3 is 0 Å². The molecule has 1 spiro atoms. The first kappa shape index (κ1) is 22.3. The van der Waals surface area contributed by atoms with Crippen molar-refractivity contribution in [3.8, 4) is 0 Å². The van der Waals surface area contributed by atoms with Crippen molar-refractivity contribution in [1.29, 1.82) is 0 Å². The third kappa shape index (κ3) is 3.26. The number of likely N-dealkylation sites (N-methyl/N-ethyl adjacent to an activating group) is 1. The van der Waals surface area contributed by atoms with E-state index in [1.807, 2.05) is 18.0 Å². The van der Waals surface area contributed by atoms with E-state index in [9.17, 15) is 4.79 Å². The molecule has 3 heterocycles. The Hall–Kier alpha value is -1.13. The number of carbonyl (C=O) groups is 1. The number of fused-ring (bicyclic) bond motifs is 6. The predicted molar refractivity (Wildman–Crippen MR) is 132 cm³/mol. The first-order valence-corrected chi connectivity index (χ1v) is 13.8. The monoisotopic (exact) mass is 452 g/mol. The number of rotatable bonds is 0. The summed E-state index contributed by atoms with van der Waals surface area (Å²) >= 11 is 0. The van der Waals surface area contributed by atoms with Gasteiger partial charge in [-0.25, -0.2) is 0 Å². The number of carbonyl (C=O) groups excluding carboxylic acids is 1. The minimum absolute atomic E-state index is 0.0295. The molecular formula is C29H44N2O2. The lowest BCUT2D eigenvalue weighted by atomic mass is 9.57. The Balaban J connectivity index is 1.29. The maximum absolute atomic E-state index is 12.5. The van der Waals surface area contributed by atoms with Crippen molar-refractivity contribution in [3.63, 3.8) is 0 Å². The van der Waals surface area contributed by atoms with Gasteiger partial charge in [-0.1, -0.05) is 38.0 Å². The molecule has 0 bridgehead atoms. The summed E-state index contributed by atoms with van der Waals surface area (Å²) in [5, 5.41) is 3.85. The highest BCUT2D eigenvalue weighted by Crippen LogP contribution is 2.63. The summed E-state index contributed by atoms with van der Waals surface area (Å²) in [4.78, 5) is 14.4. The number of allylic oxidation sites excluding steroid dienone is 2. The number of amides is 1. The summed E-state index contributed by atoms with van der Waals surface area (Å²) in [5.41, 5.74) is 3.58. The van der Waals surface area contributed by atoms with E-state index in [2.05, 4.69) is 39.1 Å². The summed E-state index contributed by atoms with van der Waals surface area (Å²) in [6.07, 6.45) is 13.3. The number of nitrogens with zero attached hydrogens (tertiary/aromatic N) is 1. The fourth-order valence-electron chi connectivity index (χ4n) is 9.39. The minimum Gasteiger partial charge on any atom is -0.369 e. The zero-order valence-electron chi connectivity index (χ0n) is 21.4. The van der Waals surface area contributed by atoms with E-state index in [4.69, 9.17) is 4.74 Å². The molecule has 0 aromatic rings. The van der Waals surface area contributed by atoms with Gasteiger partial charge in [0.2, 0.25) is 5.91 Å². The van der Waals surface area contributed by atoms with Crippen LogP contribution in [0.2, 0.25) is 0 Å². The first-order chi connectivity index (χ1) is 15.7. The molecule has 6 rings (SSSR count). The molecule has 0 radical (unpaired) electrons. The van der Waals surface area contributed by atoms with Crippen LogP contribution >= 0.6 is 0 Å². The Bertz CT molecular complexity index is 894. The van der Waals surface area contributed by atoms with E-state index in [0.717, 1.165) is 31.3 Å². The zero-order valence-corrected chi connectivity index (χ0v) is 21.4. The van der Waals surface area contributed by atoms with E-state index in [1.165, 1.54) is 38.5 Å². The molecule has 0 aromatic heterocycles. The molecule has 10 atom stereocenters. The smallest absolute Gasteiger partial charge is 0.246 e. The Morgan fingerprint density at radius 2 is 2.03 bits per heavy atom. The largest absolute Gasteiger partial charge is 0.369 e. The quantitative estimate of drug-likeness (QED) is 0.529. The fourth-order valence-corrected chi connectivity index (χ4v) is 9.39. The normalized spacial score (nSPS) is 51.7. The van der Waals surface area contributed by atoms with E-state index < -0.39 is 0 Å². The molecule has 4 nitrogen and oxygen atoms in total. The molecule has 0 aromatic carbocycles. The maximum Gasteiger partial charge on any atom is 0.246 e. The van der Waals surface area contributed by atoms with Crippen molar-refractivity contribution < 1.29 is 9.53 Å². The van der Waals surface area contributed by atoms with Gasteiger partial charge in [-0.15, -0.1) is 0 Å². The van der Waals surface area contributed by atoms with Crippen LogP contribution in [-0.2, 0) is 9.53 Å². The van der Waals surface area contributed by atoms with Gasteiger partial charge < -0.3 is 15.0 Å². The number of ether oxygens (including phenoxy) is 1. The molecule has 6 aliphatic rings. The van der Waals surface area contributed by atoms with Crippen LogP contribution in [0.15, 0.2) is 23.3 Å². The van der Waals surface area contributed by atoms with Crippen LogP contribution in [0.4, 0.5) is 0 Å².